The summed E-state index contributed by atoms with van der Waals surface area (Å²) in [5.41, 5.74) is 0.147. The van der Waals surface area contributed by atoms with Gasteiger partial charge in [0.1, 0.15) is 5.82 Å². The Hall–Kier alpha value is -3.50. The largest absolute Gasteiger partial charge is 0.416 e. The van der Waals surface area contributed by atoms with Gasteiger partial charge in [-0.1, -0.05) is 12.1 Å². The third-order valence-corrected chi connectivity index (χ3v) is 6.32. The van der Waals surface area contributed by atoms with Gasteiger partial charge in [-0.2, -0.15) is 18.2 Å². The molecule has 1 aliphatic carbocycles. The van der Waals surface area contributed by atoms with Gasteiger partial charge in [0, 0.05) is 44.1 Å². The van der Waals surface area contributed by atoms with Crippen molar-refractivity contribution in [1.82, 2.24) is 15.3 Å². The lowest BCUT2D eigenvalue weighted by atomic mass is 9.85. The Bertz CT molecular complexity index is 1240. The van der Waals surface area contributed by atoms with Gasteiger partial charge < -0.3 is 15.5 Å². The summed E-state index contributed by atoms with van der Waals surface area (Å²) in [6.45, 7) is 0.157. The molecule has 0 atom stereocenters. The number of benzene rings is 2. The predicted molar refractivity (Wildman–Crippen MR) is 126 cm³/mol. The molecule has 0 aliphatic heterocycles. The normalized spacial score (nSPS) is 18.2. The minimum atomic E-state index is -4.39. The molecular weight excluding hydrogens is 481 g/mol. The number of hydrogen-bond acceptors (Lipinski definition) is 5. The van der Waals surface area contributed by atoms with E-state index in [0.29, 0.717) is 48.4 Å². The van der Waals surface area contributed by atoms with Crippen LogP contribution >= 0.6 is 0 Å². The highest BCUT2D eigenvalue weighted by atomic mass is 19.4. The summed E-state index contributed by atoms with van der Waals surface area (Å²) in [4.78, 5) is 23.1. The zero-order valence-corrected chi connectivity index (χ0v) is 19.8. The van der Waals surface area contributed by atoms with E-state index in [0.717, 1.165) is 24.3 Å². The molecule has 2 N–H and O–H groups in total. The van der Waals surface area contributed by atoms with E-state index in [9.17, 15) is 26.7 Å². The quantitative estimate of drug-likeness (QED) is 0.445. The standard InChI is InChI=1S/C25H26F5N5O/c1-35(2)22-18-11-19(26)20(27)12-21(18)33-24(34-22)32-17-9-5-15(6-10-17)23(36)31-13-14-3-7-16(8-4-14)25(28,29)30/h3-4,7-8,11-12,15,17H,5-6,9-10,13H2,1-2H3,(H,31,36)(H,32,33,34)/t15-,17+. The van der Waals surface area contributed by atoms with E-state index >= 15 is 0 Å². The van der Waals surface area contributed by atoms with Crippen LogP contribution in [0.15, 0.2) is 36.4 Å². The number of rotatable bonds is 6. The molecule has 36 heavy (non-hydrogen) atoms. The Morgan fingerprint density at radius 1 is 1.00 bits per heavy atom. The Labute approximate surface area is 204 Å². The minimum absolute atomic E-state index is 0.00159. The van der Waals surface area contributed by atoms with Crippen LogP contribution in [0.1, 0.15) is 36.8 Å². The number of nitrogens with zero attached hydrogens (tertiary/aromatic N) is 3. The molecular formula is C25H26F5N5O. The first-order chi connectivity index (χ1) is 17.0. The molecule has 0 spiro atoms. The smallest absolute Gasteiger partial charge is 0.362 e. The van der Waals surface area contributed by atoms with Crippen molar-refractivity contribution in [3.8, 4) is 0 Å². The van der Waals surface area contributed by atoms with Crippen molar-refractivity contribution in [2.45, 2.75) is 44.4 Å². The third kappa shape index (κ3) is 5.83. The number of hydrogen-bond donors (Lipinski definition) is 2. The minimum Gasteiger partial charge on any atom is -0.362 e. The van der Waals surface area contributed by atoms with Crippen molar-refractivity contribution in [3.05, 3.63) is 59.2 Å². The number of aromatic nitrogens is 2. The van der Waals surface area contributed by atoms with Crippen molar-refractivity contribution in [2.75, 3.05) is 24.3 Å². The molecule has 4 rings (SSSR count). The van der Waals surface area contributed by atoms with E-state index in [1.54, 1.807) is 19.0 Å². The maximum Gasteiger partial charge on any atom is 0.416 e. The Balaban J connectivity index is 1.33. The van der Waals surface area contributed by atoms with Crippen LogP contribution in [0.2, 0.25) is 0 Å². The molecule has 1 fully saturated rings. The summed E-state index contributed by atoms with van der Waals surface area (Å²) in [7, 11) is 3.50. The molecule has 1 aromatic heterocycles. The van der Waals surface area contributed by atoms with E-state index < -0.39 is 23.4 Å². The molecule has 6 nitrogen and oxygen atoms in total. The number of anilines is 2. The Morgan fingerprint density at radius 2 is 1.64 bits per heavy atom. The average molecular weight is 508 g/mol. The van der Waals surface area contributed by atoms with Crippen LogP contribution in [-0.2, 0) is 17.5 Å². The second kappa shape index (κ2) is 10.2. The molecule has 1 heterocycles. The molecule has 192 valence electrons. The van der Waals surface area contributed by atoms with E-state index in [2.05, 4.69) is 20.6 Å². The van der Waals surface area contributed by atoms with Gasteiger partial charge in [0.15, 0.2) is 11.6 Å². The first-order valence-electron chi connectivity index (χ1n) is 11.6. The summed E-state index contributed by atoms with van der Waals surface area (Å²) in [5.74, 6) is -1.54. The number of fused-ring (bicyclic) bond motifs is 1. The molecule has 3 aromatic rings. The number of amides is 1. The van der Waals surface area contributed by atoms with E-state index in [4.69, 9.17) is 0 Å². The van der Waals surface area contributed by atoms with Crippen molar-refractivity contribution < 1.29 is 26.7 Å². The molecule has 1 saturated carbocycles. The fourth-order valence-electron chi connectivity index (χ4n) is 4.34. The molecule has 2 aromatic carbocycles. The lowest BCUT2D eigenvalue weighted by Gasteiger charge is -2.28. The van der Waals surface area contributed by atoms with Gasteiger partial charge in [0.2, 0.25) is 11.9 Å². The molecule has 11 heteroatoms. The number of carbonyl (C=O) groups excluding carboxylic acids is 1. The lowest BCUT2D eigenvalue weighted by Crippen LogP contribution is -2.36. The van der Waals surface area contributed by atoms with Crippen LogP contribution in [0.25, 0.3) is 10.9 Å². The first kappa shape index (κ1) is 25.6. The van der Waals surface area contributed by atoms with Crippen molar-refractivity contribution >= 4 is 28.6 Å². The Morgan fingerprint density at radius 3 is 2.25 bits per heavy atom. The summed E-state index contributed by atoms with van der Waals surface area (Å²) >= 11 is 0. The topological polar surface area (TPSA) is 70.2 Å². The van der Waals surface area contributed by atoms with Gasteiger partial charge in [-0.05, 0) is 49.4 Å². The molecule has 1 aliphatic rings. The Kier molecular flexibility index (Phi) is 7.28. The molecule has 0 bridgehead atoms. The fourth-order valence-corrected chi connectivity index (χ4v) is 4.34. The number of carbonyl (C=O) groups is 1. The van der Waals surface area contributed by atoms with Gasteiger partial charge in [-0.15, -0.1) is 0 Å². The number of nitrogens with one attached hydrogen (secondary N) is 2. The number of halogens is 5. The zero-order chi connectivity index (χ0) is 26.0. The number of alkyl halides is 3. The molecule has 0 radical (unpaired) electrons. The molecule has 0 saturated heterocycles. The second-order valence-electron chi connectivity index (χ2n) is 9.15. The predicted octanol–water partition coefficient (Wildman–Crippen LogP) is 5.28. The maximum absolute atomic E-state index is 13.8. The van der Waals surface area contributed by atoms with E-state index in [-0.39, 0.29) is 29.9 Å². The maximum atomic E-state index is 13.8. The first-order valence-corrected chi connectivity index (χ1v) is 11.6. The summed E-state index contributed by atoms with van der Waals surface area (Å²) in [5, 5.41) is 6.45. The van der Waals surface area contributed by atoms with Gasteiger partial charge in [-0.25, -0.2) is 13.8 Å². The SMILES string of the molecule is CN(C)c1nc(N[C@H]2CC[C@@H](C(=O)NCc3ccc(C(F)(F)F)cc3)CC2)nc2cc(F)c(F)cc12. The fraction of sp³-hybridized carbons (Fsp3) is 0.400. The second-order valence-corrected chi connectivity index (χ2v) is 9.15. The lowest BCUT2D eigenvalue weighted by molar-refractivity contribution is -0.137. The van der Waals surface area contributed by atoms with Gasteiger partial charge in [0.25, 0.3) is 0 Å². The highest BCUT2D eigenvalue weighted by Crippen LogP contribution is 2.31. The third-order valence-electron chi connectivity index (χ3n) is 6.32. The van der Waals surface area contributed by atoms with Crippen LogP contribution in [0.3, 0.4) is 0 Å². The summed E-state index contributed by atoms with van der Waals surface area (Å²) in [6, 6.07) is 6.84. The van der Waals surface area contributed by atoms with Gasteiger partial charge >= 0.3 is 6.18 Å². The van der Waals surface area contributed by atoms with Crippen molar-refractivity contribution in [2.24, 2.45) is 5.92 Å². The van der Waals surface area contributed by atoms with Crippen LogP contribution in [0.4, 0.5) is 33.7 Å². The van der Waals surface area contributed by atoms with E-state index in [1.807, 2.05) is 0 Å². The molecule has 1 amide bonds. The average Bonchev–Trinajstić information content (AvgIpc) is 2.83. The van der Waals surface area contributed by atoms with Crippen molar-refractivity contribution in [3.63, 3.8) is 0 Å². The van der Waals surface area contributed by atoms with Crippen LogP contribution in [0.5, 0.6) is 0 Å². The molecule has 0 unspecified atom stereocenters. The van der Waals surface area contributed by atoms with E-state index in [1.165, 1.54) is 12.1 Å². The van der Waals surface area contributed by atoms with Crippen molar-refractivity contribution in [1.29, 1.82) is 0 Å². The summed E-state index contributed by atoms with van der Waals surface area (Å²) < 4.78 is 65.6. The van der Waals surface area contributed by atoms with Crippen LogP contribution < -0.4 is 15.5 Å². The highest BCUT2D eigenvalue weighted by molar-refractivity contribution is 5.90. The van der Waals surface area contributed by atoms with Gasteiger partial charge in [0.05, 0.1) is 11.1 Å². The summed E-state index contributed by atoms with van der Waals surface area (Å²) in [6.07, 6.45) is -1.81. The monoisotopic (exact) mass is 507 g/mol. The van der Waals surface area contributed by atoms with Crippen LogP contribution in [-0.4, -0.2) is 36.0 Å². The van der Waals surface area contributed by atoms with Gasteiger partial charge in [-0.3, -0.25) is 4.79 Å². The highest BCUT2D eigenvalue weighted by Gasteiger charge is 2.30. The zero-order valence-electron chi connectivity index (χ0n) is 19.8. The van der Waals surface area contributed by atoms with Crippen LogP contribution in [0, 0.1) is 17.6 Å².